The van der Waals surface area contributed by atoms with Crippen LogP contribution < -0.4 is 5.32 Å². The third-order valence-electron chi connectivity index (χ3n) is 3.65. The molecule has 1 aliphatic carbocycles. The standard InChI is InChI=1S/C17H22N2O/c1-19(12-16-7-8-20-13-16)11-15-4-2-3-14(9-15)10-18-17-5-6-17/h2-4,7-9,13,17-18H,5-6,10-12H2,1H3. The highest BCUT2D eigenvalue weighted by molar-refractivity contribution is 5.23. The minimum Gasteiger partial charge on any atom is -0.472 e. The van der Waals surface area contributed by atoms with Crippen molar-refractivity contribution < 1.29 is 4.42 Å². The zero-order valence-electron chi connectivity index (χ0n) is 12.0. The van der Waals surface area contributed by atoms with E-state index in [0.29, 0.717) is 0 Å². The number of nitrogens with one attached hydrogen (secondary N) is 1. The fourth-order valence-electron chi connectivity index (χ4n) is 2.45. The lowest BCUT2D eigenvalue weighted by molar-refractivity contribution is 0.317. The van der Waals surface area contributed by atoms with E-state index in [1.807, 2.05) is 12.3 Å². The Balaban J connectivity index is 1.54. The van der Waals surface area contributed by atoms with Gasteiger partial charge in [-0.1, -0.05) is 24.3 Å². The predicted molar refractivity (Wildman–Crippen MR) is 80.2 cm³/mol. The van der Waals surface area contributed by atoms with Crippen LogP contribution in [0.5, 0.6) is 0 Å². The molecule has 1 fully saturated rings. The van der Waals surface area contributed by atoms with E-state index in [1.54, 1.807) is 6.26 Å². The first-order valence-electron chi connectivity index (χ1n) is 7.30. The van der Waals surface area contributed by atoms with Crippen LogP contribution in [0.25, 0.3) is 0 Å². The van der Waals surface area contributed by atoms with Crippen LogP contribution in [0, 0.1) is 0 Å². The highest BCUT2D eigenvalue weighted by Gasteiger charge is 2.19. The fraction of sp³-hybridized carbons (Fsp3) is 0.412. The van der Waals surface area contributed by atoms with E-state index in [0.717, 1.165) is 25.7 Å². The first kappa shape index (κ1) is 13.4. The van der Waals surface area contributed by atoms with Crippen molar-refractivity contribution in [3.05, 3.63) is 59.5 Å². The van der Waals surface area contributed by atoms with Crippen LogP contribution in [0.4, 0.5) is 0 Å². The summed E-state index contributed by atoms with van der Waals surface area (Å²) in [6, 6.07) is 11.7. The van der Waals surface area contributed by atoms with Crippen molar-refractivity contribution in [2.24, 2.45) is 0 Å². The lowest BCUT2D eigenvalue weighted by Gasteiger charge is -2.16. The summed E-state index contributed by atoms with van der Waals surface area (Å²) in [6.45, 7) is 2.87. The Hall–Kier alpha value is -1.58. The molecule has 0 amide bonds. The molecular weight excluding hydrogens is 248 g/mol. The Morgan fingerprint density at radius 2 is 1.95 bits per heavy atom. The van der Waals surface area contributed by atoms with Gasteiger partial charge >= 0.3 is 0 Å². The molecule has 1 aromatic heterocycles. The molecule has 20 heavy (non-hydrogen) atoms. The molecule has 3 rings (SSSR count). The van der Waals surface area contributed by atoms with E-state index in [-0.39, 0.29) is 0 Å². The van der Waals surface area contributed by atoms with Gasteiger partial charge in [0.05, 0.1) is 12.5 Å². The van der Waals surface area contributed by atoms with Crippen LogP contribution in [0.15, 0.2) is 47.3 Å². The molecule has 1 saturated carbocycles. The van der Waals surface area contributed by atoms with Gasteiger partial charge in [0.2, 0.25) is 0 Å². The summed E-state index contributed by atoms with van der Waals surface area (Å²) in [7, 11) is 2.14. The van der Waals surface area contributed by atoms with Crippen molar-refractivity contribution in [2.45, 2.75) is 38.5 Å². The molecule has 1 N–H and O–H groups in total. The van der Waals surface area contributed by atoms with Gasteiger partial charge in [-0.2, -0.15) is 0 Å². The molecule has 1 aromatic carbocycles. The largest absolute Gasteiger partial charge is 0.472 e. The van der Waals surface area contributed by atoms with Crippen LogP contribution in [0.2, 0.25) is 0 Å². The number of nitrogens with zero attached hydrogens (tertiary/aromatic N) is 1. The maximum atomic E-state index is 5.11. The smallest absolute Gasteiger partial charge is 0.0947 e. The van der Waals surface area contributed by atoms with Gasteiger partial charge in [-0.15, -0.1) is 0 Å². The third kappa shape index (κ3) is 3.95. The summed E-state index contributed by atoms with van der Waals surface area (Å²) in [5, 5.41) is 3.56. The van der Waals surface area contributed by atoms with Crippen molar-refractivity contribution in [3.8, 4) is 0 Å². The zero-order valence-corrected chi connectivity index (χ0v) is 12.0. The maximum Gasteiger partial charge on any atom is 0.0947 e. The normalized spacial score (nSPS) is 14.9. The SMILES string of the molecule is CN(Cc1ccoc1)Cc1cccc(CNC2CC2)c1. The Bertz CT molecular complexity index is 532. The molecule has 3 nitrogen and oxygen atoms in total. The molecule has 106 valence electrons. The first-order valence-corrected chi connectivity index (χ1v) is 7.30. The highest BCUT2D eigenvalue weighted by Crippen LogP contribution is 2.19. The predicted octanol–water partition coefficient (Wildman–Crippen LogP) is 3.16. The molecule has 1 heterocycles. The van der Waals surface area contributed by atoms with E-state index < -0.39 is 0 Å². The molecule has 0 radical (unpaired) electrons. The third-order valence-corrected chi connectivity index (χ3v) is 3.65. The van der Waals surface area contributed by atoms with Gasteiger partial charge in [-0.05, 0) is 37.1 Å². The maximum absolute atomic E-state index is 5.11. The van der Waals surface area contributed by atoms with E-state index in [1.165, 1.54) is 29.5 Å². The van der Waals surface area contributed by atoms with Gasteiger partial charge in [-0.3, -0.25) is 4.90 Å². The van der Waals surface area contributed by atoms with E-state index >= 15 is 0 Å². The Morgan fingerprint density at radius 3 is 2.70 bits per heavy atom. The van der Waals surface area contributed by atoms with Gasteiger partial charge < -0.3 is 9.73 Å². The summed E-state index contributed by atoms with van der Waals surface area (Å²) in [5.74, 6) is 0. The summed E-state index contributed by atoms with van der Waals surface area (Å²) >= 11 is 0. The topological polar surface area (TPSA) is 28.4 Å². The van der Waals surface area contributed by atoms with E-state index in [4.69, 9.17) is 4.42 Å². The van der Waals surface area contributed by atoms with Crippen LogP contribution in [-0.4, -0.2) is 18.0 Å². The Morgan fingerprint density at radius 1 is 1.15 bits per heavy atom. The van der Waals surface area contributed by atoms with Gasteiger partial charge in [-0.25, -0.2) is 0 Å². The van der Waals surface area contributed by atoms with E-state index in [9.17, 15) is 0 Å². The molecule has 2 aromatic rings. The van der Waals surface area contributed by atoms with Gasteiger partial charge in [0.1, 0.15) is 0 Å². The summed E-state index contributed by atoms with van der Waals surface area (Å²) < 4.78 is 5.11. The molecule has 0 saturated heterocycles. The minimum absolute atomic E-state index is 0.766. The number of hydrogen-bond acceptors (Lipinski definition) is 3. The molecule has 0 aliphatic heterocycles. The highest BCUT2D eigenvalue weighted by atomic mass is 16.3. The molecule has 0 unspecified atom stereocenters. The molecule has 0 atom stereocenters. The van der Waals surface area contributed by atoms with Gasteiger partial charge in [0, 0.05) is 31.2 Å². The number of hydrogen-bond donors (Lipinski definition) is 1. The van der Waals surface area contributed by atoms with Crippen molar-refractivity contribution >= 4 is 0 Å². The van der Waals surface area contributed by atoms with Crippen molar-refractivity contribution in [1.29, 1.82) is 0 Å². The fourth-order valence-corrected chi connectivity index (χ4v) is 2.45. The van der Waals surface area contributed by atoms with Crippen LogP contribution >= 0.6 is 0 Å². The monoisotopic (exact) mass is 270 g/mol. The Labute approximate surface area is 120 Å². The Kier molecular flexibility index (Phi) is 4.19. The van der Waals surface area contributed by atoms with Crippen molar-refractivity contribution in [1.82, 2.24) is 10.2 Å². The number of benzene rings is 1. The average molecular weight is 270 g/mol. The van der Waals surface area contributed by atoms with Crippen LogP contribution in [0.3, 0.4) is 0 Å². The summed E-state index contributed by atoms with van der Waals surface area (Å²) in [5.41, 5.74) is 3.97. The number of furan rings is 1. The lowest BCUT2D eigenvalue weighted by atomic mass is 10.1. The molecule has 3 heteroatoms. The molecule has 0 bridgehead atoms. The minimum atomic E-state index is 0.766. The molecule has 0 spiro atoms. The number of rotatable bonds is 7. The second kappa shape index (κ2) is 6.25. The lowest BCUT2D eigenvalue weighted by Crippen LogP contribution is -2.18. The van der Waals surface area contributed by atoms with Gasteiger partial charge in [0.25, 0.3) is 0 Å². The van der Waals surface area contributed by atoms with E-state index in [2.05, 4.69) is 41.5 Å². The summed E-state index contributed by atoms with van der Waals surface area (Å²) in [6.07, 6.45) is 6.22. The van der Waals surface area contributed by atoms with Gasteiger partial charge in [0.15, 0.2) is 0 Å². The molecule has 1 aliphatic rings. The molecular formula is C17H22N2O. The first-order chi connectivity index (χ1) is 9.79. The van der Waals surface area contributed by atoms with Crippen molar-refractivity contribution in [3.63, 3.8) is 0 Å². The van der Waals surface area contributed by atoms with Crippen molar-refractivity contribution in [2.75, 3.05) is 7.05 Å². The second-order valence-electron chi connectivity index (χ2n) is 5.78. The zero-order chi connectivity index (χ0) is 13.8. The summed E-state index contributed by atoms with van der Waals surface area (Å²) in [4.78, 5) is 2.30. The second-order valence-corrected chi connectivity index (χ2v) is 5.78. The van der Waals surface area contributed by atoms with Crippen LogP contribution in [0.1, 0.15) is 29.5 Å². The average Bonchev–Trinajstić information content (AvgIpc) is 3.14. The van der Waals surface area contributed by atoms with Crippen LogP contribution in [-0.2, 0) is 19.6 Å². The quantitative estimate of drug-likeness (QED) is 0.837.